The number of nitrogens with zero attached hydrogens (tertiary/aromatic N) is 1. The first-order chi connectivity index (χ1) is 7.65. The summed E-state index contributed by atoms with van der Waals surface area (Å²) in [6.45, 7) is 1.51. The van der Waals surface area contributed by atoms with Crippen molar-refractivity contribution in [2.24, 2.45) is 0 Å². The van der Waals surface area contributed by atoms with Crippen LogP contribution < -0.4 is 0 Å². The summed E-state index contributed by atoms with van der Waals surface area (Å²) in [4.78, 5) is 11.5. The Bertz CT molecular complexity index is 451. The van der Waals surface area contributed by atoms with E-state index >= 15 is 0 Å². The maximum Gasteiger partial charge on any atom is 0.338 e. The molecule has 16 heavy (non-hydrogen) atoms. The van der Waals surface area contributed by atoms with Crippen LogP contribution in [-0.2, 0) is 11.3 Å². The summed E-state index contributed by atoms with van der Waals surface area (Å²) in [6.07, 6.45) is 0. The Morgan fingerprint density at radius 3 is 2.81 bits per heavy atom. The largest absolute Gasteiger partial charge is 0.462 e. The van der Waals surface area contributed by atoms with Gasteiger partial charge in [-0.1, -0.05) is 11.6 Å². The van der Waals surface area contributed by atoms with Crippen LogP contribution in [0.1, 0.15) is 28.4 Å². The molecule has 0 amide bonds. The van der Waals surface area contributed by atoms with Gasteiger partial charge in [0.05, 0.1) is 29.4 Å². The first-order valence-electron chi connectivity index (χ1n) is 4.65. The second kappa shape index (κ2) is 5.50. The molecule has 84 valence electrons. The van der Waals surface area contributed by atoms with Gasteiger partial charge in [0.15, 0.2) is 0 Å². The number of halogens is 1. The van der Waals surface area contributed by atoms with Crippen LogP contribution in [0.25, 0.3) is 0 Å². The number of hydrogen-bond acceptors (Lipinski definition) is 4. The smallest absolute Gasteiger partial charge is 0.338 e. The van der Waals surface area contributed by atoms with Gasteiger partial charge in [0.2, 0.25) is 0 Å². The van der Waals surface area contributed by atoms with E-state index in [9.17, 15) is 4.79 Å². The summed E-state index contributed by atoms with van der Waals surface area (Å²) < 4.78 is 4.81. The molecular formula is C11H10ClNO3. The fraction of sp³-hybridized carbons (Fsp3) is 0.273. The summed E-state index contributed by atoms with van der Waals surface area (Å²) in [5.74, 6) is -0.557. The fourth-order valence-electron chi connectivity index (χ4n) is 1.26. The fourth-order valence-corrected chi connectivity index (χ4v) is 1.53. The number of aliphatic hydroxyl groups is 1. The molecule has 0 fully saturated rings. The van der Waals surface area contributed by atoms with Crippen molar-refractivity contribution >= 4 is 17.6 Å². The molecule has 0 saturated carbocycles. The van der Waals surface area contributed by atoms with Gasteiger partial charge in [0, 0.05) is 5.56 Å². The van der Waals surface area contributed by atoms with E-state index in [0.717, 1.165) is 0 Å². The highest BCUT2D eigenvalue weighted by Crippen LogP contribution is 2.25. The summed E-state index contributed by atoms with van der Waals surface area (Å²) in [7, 11) is 0. The van der Waals surface area contributed by atoms with Gasteiger partial charge in [-0.05, 0) is 19.1 Å². The number of benzene rings is 1. The van der Waals surface area contributed by atoms with Gasteiger partial charge in [-0.3, -0.25) is 0 Å². The lowest BCUT2D eigenvalue weighted by molar-refractivity contribution is 0.0523. The molecule has 0 aliphatic heterocycles. The number of carbonyl (C=O) groups excluding carboxylic acids is 1. The van der Waals surface area contributed by atoms with E-state index in [1.54, 1.807) is 6.92 Å². The van der Waals surface area contributed by atoms with Gasteiger partial charge in [-0.25, -0.2) is 4.79 Å². The van der Waals surface area contributed by atoms with E-state index < -0.39 is 12.6 Å². The van der Waals surface area contributed by atoms with Gasteiger partial charge in [-0.2, -0.15) is 5.26 Å². The molecule has 0 saturated heterocycles. The average Bonchev–Trinajstić information content (AvgIpc) is 2.28. The third-order valence-electron chi connectivity index (χ3n) is 2.02. The first-order valence-corrected chi connectivity index (χ1v) is 5.03. The standard InChI is InChI=1S/C11H10ClNO3/c1-2-16-11(15)8-4-3-7(5-13)10(12)9(8)6-14/h3-4,14H,2,6H2,1H3. The maximum absolute atomic E-state index is 11.5. The highest BCUT2D eigenvalue weighted by Gasteiger charge is 2.17. The zero-order valence-corrected chi connectivity index (χ0v) is 9.41. The maximum atomic E-state index is 11.5. The van der Waals surface area contributed by atoms with E-state index in [2.05, 4.69) is 0 Å². The highest BCUT2D eigenvalue weighted by molar-refractivity contribution is 6.33. The monoisotopic (exact) mass is 239 g/mol. The van der Waals surface area contributed by atoms with Crippen molar-refractivity contribution in [1.82, 2.24) is 0 Å². The molecule has 1 N–H and O–H groups in total. The molecular weight excluding hydrogens is 230 g/mol. The van der Waals surface area contributed by atoms with Gasteiger partial charge in [-0.15, -0.1) is 0 Å². The number of esters is 1. The Morgan fingerprint density at radius 2 is 2.31 bits per heavy atom. The van der Waals surface area contributed by atoms with Crippen molar-refractivity contribution in [3.63, 3.8) is 0 Å². The third kappa shape index (κ3) is 2.32. The number of ether oxygens (including phenoxy) is 1. The Kier molecular flexibility index (Phi) is 4.29. The molecule has 0 bridgehead atoms. The molecule has 0 spiro atoms. The lowest BCUT2D eigenvalue weighted by atomic mass is 10.0. The van der Waals surface area contributed by atoms with Gasteiger partial charge in [0.25, 0.3) is 0 Å². The number of hydrogen-bond donors (Lipinski definition) is 1. The Hall–Kier alpha value is -1.57. The van der Waals surface area contributed by atoms with Crippen molar-refractivity contribution in [1.29, 1.82) is 5.26 Å². The zero-order chi connectivity index (χ0) is 12.1. The van der Waals surface area contributed by atoms with E-state index in [0.29, 0.717) is 0 Å². The number of carbonyl (C=O) groups is 1. The highest BCUT2D eigenvalue weighted by atomic mass is 35.5. The van der Waals surface area contributed by atoms with Crippen molar-refractivity contribution in [2.45, 2.75) is 13.5 Å². The molecule has 0 atom stereocenters. The minimum atomic E-state index is -0.557. The summed E-state index contributed by atoms with van der Waals surface area (Å²) >= 11 is 5.87. The molecule has 0 aliphatic carbocycles. The van der Waals surface area contributed by atoms with E-state index in [4.69, 9.17) is 26.7 Å². The average molecular weight is 240 g/mol. The van der Waals surface area contributed by atoms with E-state index in [-0.39, 0.29) is 28.3 Å². The molecule has 0 radical (unpaired) electrons. The second-order valence-electron chi connectivity index (χ2n) is 2.94. The number of rotatable bonds is 3. The number of nitriles is 1. The molecule has 0 unspecified atom stereocenters. The van der Waals surface area contributed by atoms with Crippen LogP contribution in [-0.4, -0.2) is 17.7 Å². The van der Waals surface area contributed by atoms with Crippen LogP contribution in [0.3, 0.4) is 0 Å². The van der Waals surface area contributed by atoms with Gasteiger partial charge >= 0.3 is 5.97 Å². The minimum absolute atomic E-state index is 0.0931. The summed E-state index contributed by atoms with van der Waals surface area (Å²) in [6, 6.07) is 4.72. The Balaban J connectivity index is 3.27. The van der Waals surface area contributed by atoms with Crippen molar-refractivity contribution in [3.05, 3.63) is 33.8 Å². The predicted molar refractivity (Wildman–Crippen MR) is 58.0 cm³/mol. The lowest BCUT2D eigenvalue weighted by Gasteiger charge is -2.09. The molecule has 1 rings (SSSR count). The van der Waals surface area contributed by atoms with Crippen LogP contribution in [0, 0.1) is 11.3 Å². The molecule has 0 heterocycles. The molecule has 0 aromatic heterocycles. The van der Waals surface area contributed by atoms with Crippen LogP contribution in [0.4, 0.5) is 0 Å². The lowest BCUT2D eigenvalue weighted by Crippen LogP contribution is -2.09. The van der Waals surface area contributed by atoms with Crippen LogP contribution in [0.15, 0.2) is 12.1 Å². The van der Waals surface area contributed by atoms with Crippen molar-refractivity contribution in [3.8, 4) is 6.07 Å². The van der Waals surface area contributed by atoms with Crippen molar-refractivity contribution in [2.75, 3.05) is 6.61 Å². The quantitative estimate of drug-likeness (QED) is 0.818. The molecule has 1 aromatic carbocycles. The van der Waals surface area contributed by atoms with Crippen molar-refractivity contribution < 1.29 is 14.6 Å². The zero-order valence-electron chi connectivity index (χ0n) is 8.66. The third-order valence-corrected chi connectivity index (χ3v) is 2.45. The van der Waals surface area contributed by atoms with Gasteiger partial charge in [0.1, 0.15) is 6.07 Å². The van der Waals surface area contributed by atoms with Crippen LogP contribution in [0.5, 0.6) is 0 Å². The Labute approximate surface area is 98.0 Å². The summed E-state index contributed by atoms with van der Waals surface area (Å²) in [5, 5.41) is 18.0. The first kappa shape index (κ1) is 12.5. The second-order valence-corrected chi connectivity index (χ2v) is 3.32. The molecule has 0 aliphatic rings. The SMILES string of the molecule is CCOC(=O)c1ccc(C#N)c(Cl)c1CO. The predicted octanol–water partition coefficient (Wildman–Crippen LogP) is 1.88. The molecule has 5 heteroatoms. The van der Waals surface area contributed by atoms with Crippen LogP contribution >= 0.6 is 11.6 Å². The topological polar surface area (TPSA) is 70.3 Å². The molecule has 1 aromatic rings. The summed E-state index contributed by atoms with van der Waals surface area (Å²) in [5.41, 5.74) is 0.631. The van der Waals surface area contributed by atoms with E-state index in [1.165, 1.54) is 12.1 Å². The van der Waals surface area contributed by atoms with Crippen LogP contribution in [0.2, 0.25) is 5.02 Å². The van der Waals surface area contributed by atoms with Gasteiger partial charge < -0.3 is 9.84 Å². The Morgan fingerprint density at radius 1 is 1.62 bits per heavy atom. The molecule has 4 nitrogen and oxygen atoms in total. The normalized spacial score (nSPS) is 9.62. The minimum Gasteiger partial charge on any atom is -0.462 e. The number of aliphatic hydroxyl groups excluding tert-OH is 1. The van der Waals surface area contributed by atoms with E-state index in [1.807, 2.05) is 6.07 Å².